The third kappa shape index (κ3) is 0.989. The van der Waals surface area contributed by atoms with Crippen molar-refractivity contribution in [2.24, 2.45) is 7.05 Å². The lowest BCUT2D eigenvalue weighted by molar-refractivity contribution is 0.112. The molecule has 1 aromatic heterocycles. The van der Waals surface area contributed by atoms with Crippen LogP contribution in [0.3, 0.4) is 0 Å². The summed E-state index contributed by atoms with van der Waals surface area (Å²) in [6.07, 6.45) is 0.734. The Morgan fingerprint density at radius 2 is 2.23 bits per heavy atom. The van der Waals surface area contributed by atoms with Gasteiger partial charge in [0, 0.05) is 12.6 Å². The van der Waals surface area contributed by atoms with Crippen LogP contribution in [0.2, 0.25) is 0 Å². The second-order valence-corrected chi connectivity index (χ2v) is 2.86. The van der Waals surface area contributed by atoms with E-state index in [2.05, 4.69) is 5.10 Å². The number of aromatic amines is 1. The van der Waals surface area contributed by atoms with Crippen LogP contribution in [0.25, 0.3) is 10.9 Å². The molecule has 0 radical (unpaired) electrons. The number of fused-ring (bicyclic) bond motifs is 1. The van der Waals surface area contributed by atoms with Crippen LogP contribution in [0.15, 0.2) is 23.0 Å². The maximum Gasteiger partial charge on any atom is 0.274 e. The van der Waals surface area contributed by atoms with Gasteiger partial charge in [0.25, 0.3) is 5.56 Å². The summed E-state index contributed by atoms with van der Waals surface area (Å²) in [4.78, 5) is 22.0. The van der Waals surface area contributed by atoms with Crippen LogP contribution in [-0.2, 0) is 7.05 Å². The van der Waals surface area contributed by atoms with Crippen LogP contribution in [0.5, 0.6) is 0 Å². The molecule has 0 unspecified atom stereocenters. The molecule has 0 fully saturated rings. The van der Waals surface area contributed by atoms with Gasteiger partial charge < -0.3 is 0 Å². The molecule has 0 saturated heterocycles. The highest BCUT2D eigenvalue weighted by molar-refractivity contribution is 5.95. The molecule has 0 saturated carbocycles. The van der Waals surface area contributed by atoms with Crippen molar-refractivity contribution in [2.45, 2.75) is 0 Å². The van der Waals surface area contributed by atoms with Gasteiger partial charge in [-0.2, -0.15) is 0 Å². The van der Waals surface area contributed by atoms with Gasteiger partial charge in [0.15, 0.2) is 6.29 Å². The zero-order valence-corrected chi connectivity index (χ0v) is 7.07. The molecule has 4 nitrogen and oxygen atoms in total. The number of carbonyl (C=O) groups excluding carboxylic acids is 1. The summed E-state index contributed by atoms with van der Waals surface area (Å²) in [5, 5.41) is 3.37. The van der Waals surface area contributed by atoms with E-state index in [0.717, 1.165) is 6.29 Å². The van der Waals surface area contributed by atoms with Gasteiger partial charge in [-0.1, -0.05) is 6.07 Å². The number of aromatic nitrogens is 2. The smallest absolute Gasteiger partial charge is 0.274 e. The Kier molecular flexibility index (Phi) is 1.55. The predicted octanol–water partition coefficient (Wildman–Crippen LogP) is 0.679. The molecular weight excluding hydrogens is 168 g/mol. The second kappa shape index (κ2) is 2.58. The third-order valence-electron chi connectivity index (χ3n) is 2.04. The first-order valence-electron chi connectivity index (χ1n) is 3.87. The molecule has 1 heterocycles. The highest BCUT2D eigenvalue weighted by atomic mass is 16.1. The van der Waals surface area contributed by atoms with Crippen molar-refractivity contribution in [1.82, 2.24) is 9.78 Å². The monoisotopic (exact) mass is 176 g/mol. The van der Waals surface area contributed by atoms with Gasteiger partial charge in [-0.25, -0.2) is 0 Å². The average molecular weight is 176 g/mol. The van der Waals surface area contributed by atoms with Crippen LogP contribution in [0.1, 0.15) is 10.4 Å². The number of nitrogens with zero attached hydrogens (tertiary/aromatic N) is 1. The van der Waals surface area contributed by atoms with E-state index >= 15 is 0 Å². The SMILES string of the molecule is Cn1[nH]c2c(C=O)cccc2c1=O. The number of para-hydroxylation sites is 1. The number of carbonyl (C=O) groups is 1. The van der Waals surface area contributed by atoms with Crippen LogP contribution in [0, 0.1) is 0 Å². The van der Waals surface area contributed by atoms with E-state index in [1.807, 2.05) is 0 Å². The summed E-state index contributed by atoms with van der Waals surface area (Å²) in [6, 6.07) is 5.06. The van der Waals surface area contributed by atoms with Crippen molar-refractivity contribution in [3.05, 3.63) is 34.1 Å². The lowest BCUT2D eigenvalue weighted by Gasteiger charge is -1.90. The minimum Gasteiger partial charge on any atom is -0.298 e. The standard InChI is InChI=1S/C9H8N2O2/c1-11-9(13)7-4-2-3-6(5-12)8(7)10-11/h2-5,10H,1H3. The zero-order valence-electron chi connectivity index (χ0n) is 7.07. The summed E-state index contributed by atoms with van der Waals surface area (Å²) < 4.78 is 1.36. The van der Waals surface area contributed by atoms with Crippen molar-refractivity contribution >= 4 is 17.2 Å². The summed E-state index contributed by atoms with van der Waals surface area (Å²) in [5.41, 5.74) is 0.999. The fourth-order valence-corrected chi connectivity index (χ4v) is 1.37. The Morgan fingerprint density at radius 3 is 2.92 bits per heavy atom. The van der Waals surface area contributed by atoms with E-state index in [1.165, 1.54) is 4.68 Å². The van der Waals surface area contributed by atoms with Crippen LogP contribution in [0.4, 0.5) is 0 Å². The number of hydrogen-bond donors (Lipinski definition) is 1. The number of hydrogen-bond acceptors (Lipinski definition) is 2. The topological polar surface area (TPSA) is 54.9 Å². The maximum atomic E-state index is 11.4. The largest absolute Gasteiger partial charge is 0.298 e. The van der Waals surface area contributed by atoms with Crippen molar-refractivity contribution in [1.29, 1.82) is 0 Å². The number of H-pyrrole nitrogens is 1. The first-order chi connectivity index (χ1) is 6.24. The number of aryl methyl sites for hydroxylation is 1. The second-order valence-electron chi connectivity index (χ2n) is 2.86. The van der Waals surface area contributed by atoms with Gasteiger partial charge in [0.2, 0.25) is 0 Å². The molecule has 2 rings (SSSR count). The Labute approximate surface area is 73.8 Å². The molecule has 0 atom stereocenters. The van der Waals surface area contributed by atoms with Gasteiger partial charge >= 0.3 is 0 Å². The Morgan fingerprint density at radius 1 is 1.46 bits per heavy atom. The summed E-state index contributed by atoms with van der Waals surface area (Å²) in [5.74, 6) is 0. The lowest BCUT2D eigenvalue weighted by Crippen LogP contribution is -2.10. The first kappa shape index (κ1) is 7.79. The molecule has 0 bridgehead atoms. The van der Waals surface area contributed by atoms with Gasteiger partial charge in [-0.05, 0) is 12.1 Å². The van der Waals surface area contributed by atoms with E-state index in [1.54, 1.807) is 25.2 Å². The normalized spacial score (nSPS) is 10.5. The quantitative estimate of drug-likeness (QED) is 0.649. The highest BCUT2D eigenvalue weighted by Gasteiger charge is 2.06. The average Bonchev–Trinajstić information content (AvgIpc) is 2.43. The van der Waals surface area contributed by atoms with Crippen LogP contribution in [-0.4, -0.2) is 16.1 Å². The molecule has 1 N–H and O–H groups in total. The summed E-state index contributed by atoms with van der Waals surface area (Å²) >= 11 is 0. The van der Waals surface area contributed by atoms with Crippen molar-refractivity contribution in [3.8, 4) is 0 Å². The molecule has 13 heavy (non-hydrogen) atoms. The molecule has 2 aromatic rings. The van der Waals surface area contributed by atoms with Crippen molar-refractivity contribution < 1.29 is 4.79 Å². The maximum absolute atomic E-state index is 11.4. The molecule has 66 valence electrons. The number of aldehydes is 1. The van der Waals surface area contributed by atoms with Crippen LogP contribution < -0.4 is 5.56 Å². The number of nitrogens with one attached hydrogen (secondary N) is 1. The van der Waals surface area contributed by atoms with Gasteiger partial charge in [-0.15, -0.1) is 0 Å². The van der Waals surface area contributed by atoms with E-state index in [4.69, 9.17) is 0 Å². The molecule has 0 aliphatic carbocycles. The minimum absolute atomic E-state index is 0.112. The third-order valence-corrected chi connectivity index (χ3v) is 2.04. The first-order valence-corrected chi connectivity index (χ1v) is 3.87. The van der Waals surface area contributed by atoms with Gasteiger partial charge in [0.1, 0.15) is 0 Å². The fourth-order valence-electron chi connectivity index (χ4n) is 1.37. The predicted molar refractivity (Wildman–Crippen MR) is 48.9 cm³/mol. The molecule has 0 amide bonds. The zero-order chi connectivity index (χ0) is 9.42. The van der Waals surface area contributed by atoms with E-state index < -0.39 is 0 Å². The summed E-state index contributed by atoms with van der Waals surface area (Å²) in [7, 11) is 1.62. The van der Waals surface area contributed by atoms with Gasteiger partial charge in [0.05, 0.1) is 10.9 Å². The Bertz CT molecular complexity index is 522. The highest BCUT2D eigenvalue weighted by Crippen LogP contribution is 2.10. The molecule has 0 aliphatic rings. The van der Waals surface area contributed by atoms with Gasteiger partial charge in [-0.3, -0.25) is 19.4 Å². The molecule has 0 aliphatic heterocycles. The lowest BCUT2D eigenvalue weighted by atomic mass is 10.2. The number of benzene rings is 1. The number of rotatable bonds is 1. The minimum atomic E-state index is -0.112. The van der Waals surface area contributed by atoms with E-state index in [0.29, 0.717) is 16.5 Å². The molecular formula is C9H8N2O2. The molecule has 0 spiro atoms. The molecule has 1 aromatic carbocycles. The summed E-state index contributed by atoms with van der Waals surface area (Å²) in [6.45, 7) is 0. The van der Waals surface area contributed by atoms with Crippen molar-refractivity contribution in [2.75, 3.05) is 0 Å². The van der Waals surface area contributed by atoms with E-state index in [-0.39, 0.29) is 5.56 Å². The Hall–Kier alpha value is -1.84. The molecule has 4 heteroatoms. The fraction of sp³-hybridized carbons (Fsp3) is 0.111. The van der Waals surface area contributed by atoms with Crippen LogP contribution >= 0.6 is 0 Å². The Balaban J connectivity index is 3.01. The van der Waals surface area contributed by atoms with Crippen molar-refractivity contribution in [3.63, 3.8) is 0 Å². The van der Waals surface area contributed by atoms with E-state index in [9.17, 15) is 9.59 Å².